The molecule has 2 N–H and O–H groups in total. The summed E-state index contributed by atoms with van der Waals surface area (Å²) >= 11 is 0. The molecule has 24 heavy (non-hydrogen) atoms. The second-order valence-corrected chi connectivity index (χ2v) is 7.59. The lowest BCUT2D eigenvalue weighted by atomic mass is 10.1. The fourth-order valence-electron chi connectivity index (χ4n) is 2.81. The van der Waals surface area contributed by atoms with E-state index in [4.69, 9.17) is 4.74 Å². The summed E-state index contributed by atoms with van der Waals surface area (Å²) in [5.74, 6) is 0. The first kappa shape index (κ1) is 15.2. The molecule has 0 spiro atoms. The first-order chi connectivity index (χ1) is 11.5. The molecule has 0 amide bonds. The van der Waals surface area contributed by atoms with Crippen LogP contribution in [0.4, 0.5) is 5.69 Å². The van der Waals surface area contributed by atoms with Crippen LogP contribution in [0.5, 0.6) is 0 Å². The third kappa shape index (κ3) is 2.65. The van der Waals surface area contributed by atoms with Gasteiger partial charge >= 0.3 is 0 Å². The van der Waals surface area contributed by atoms with Gasteiger partial charge in [-0.25, -0.2) is 8.42 Å². The van der Waals surface area contributed by atoms with Gasteiger partial charge in [-0.2, -0.15) is 10.2 Å². The van der Waals surface area contributed by atoms with Crippen LogP contribution in [0.15, 0.2) is 35.6 Å². The number of H-pyrrole nitrogens is 1. The standard InChI is InChI=1S/C15H17N5O3S/c1-10-4-11-6-16-18-15(11)5-14(10)19-24(21,22)13-7-17-20(8-13)12-2-3-23-9-12/h4-8,12,19H,2-3,9H2,1H3,(H,16,18). The summed E-state index contributed by atoms with van der Waals surface area (Å²) in [5.41, 5.74) is 2.12. The Balaban J connectivity index is 1.63. The number of anilines is 1. The fraction of sp³-hybridized carbons (Fsp3) is 0.333. The van der Waals surface area contributed by atoms with E-state index in [0.717, 1.165) is 22.9 Å². The number of aromatic amines is 1. The summed E-state index contributed by atoms with van der Waals surface area (Å²) in [7, 11) is -3.70. The second-order valence-electron chi connectivity index (χ2n) is 5.90. The Morgan fingerprint density at radius 3 is 3.04 bits per heavy atom. The van der Waals surface area contributed by atoms with Crippen LogP contribution in [0.25, 0.3) is 10.9 Å². The SMILES string of the molecule is Cc1cc2cn[nH]c2cc1NS(=O)(=O)c1cnn(C2CCOC2)c1. The zero-order valence-electron chi connectivity index (χ0n) is 13.1. The maximum absolute atomic E-state index is 12.6. The van der Waals surface area contributed by atoms with Crippen molar-refractivity contribution in [3.63, 3.8) is 0 Å². The smallest absolute Gasteiger partial charge is 0.265 e. The van der Waals surface area contributed by atoms with E-state index in [1.807, 2.05) is 13.0 Å². The van der Waals surface area contributed by atoms with E-state index >= 15 is 0 Å². The zero-order chi connectivity index (χ0) is 16.7. The van der Waals surface area contributed by atoms with Crippen molar-refractivity contribution in [2.24, 2.45) is 0 Å². The summed E-state index contributed by atoms with van der Waals surface area (Å²) in [6.45, 7) is 3.09. The van der Waals surface area contributed by atoms with E-state index in [1.165, 1.54) is 6.20 Å². The Morgan fingerprint density at radius 2 is 2.25 bits per heavy atom. The van der Waals surface area contributed by atoms with Gasteiger partial charge in [-0.05, 0) is 31.0 Å². The highest BCUT2D eigenvalue weighted by Crippen LogP contribution is 2.25. The number of ether oxygens (including phenoxy) is 1. The second kappa shape index (κ2) is 5.60. The zero-order valence-corrected chi connectivity index (χ0v) is 13.9. The maximum Gasteiger partial charge on any atom is 0.265 e. The van der Waals surface area contributed by atoms with E-state index in [1.54, 1.807) is 23.1 Å². The summed E-state index contributed by atoms with van der Waals surface area (Å²) in [5, 5.41) is 11.9. The Morgan fingerprint density at radius 1 is 1.38 bits per heavy atom. The van der Waals surface area contributed by atoms with Crippen LogP contribution in [0.1, 0.15) is 18.0 Å². The van der Waals surface area contributed by atoms with Crippen molar-refractivity contribution in [1.29, 1.82) is 0 Å². The number of sulfonamides is 1. The van der Waals surface area contributed by atoms with Crippen LogP contribution >= 0.6 is 0 Å². The Labute approximate surface area is 138 Å². The molecule has 1 aliphatic rings. The molecule has 1 saturated heterocycles. The molecule has 1 fully saturated rings. The normalized spacial score (nSPS) is 18.3. The number of hydrogen-bond donors (Lipinski definition) is 2. The van der Waals surface area contributed by atoms with Gasteiger partial charge in [0.1, 0.15) is 4.90 Å². The van der Waals surface area contributed by atoms with Crippen LogP contribution < -0.4 is 4.72 Å². The number of benzene rings is 1. The van der Waals surface area contributed by atoms with Crippen LogP contribution in [-0.4, -0.2) is 41.6 Å². The average molecular weight is 347 g/mol. The molecule has 0 bridgehead atoms. The number of nitrogens with one attached hydrogen (secondary N) is 2. The quantitative estimate of drug-likeness (QED) is 0.750. The summed E-state index contributed by atoms with van der Waals surface area (Å²) in [4.78, 5) is 0.138. The van der Waals surface area contributed by atoms with E-state index < -0.39 is 10.0 Å². The minimum atomic E-state index is -3.70. The minimum absolute atomic E-state index is 0.0945. The fourth-order valence-corrected chi connectivity index (χ4v) is 3.87. The summed E-state index contributed by atoms with van der Waals surface area (Å²) < 4.78 is 34.9. The van der Waals surface area contributed by atoms with Crippen LogP contribution in [0, 0.1) is 6.92 Å². The van der Waals surface area contributed by atoms with E-state index in [-0.39, 0.29) is 10.9 Å². The van der Waals surface area contributed by atoms with Crippen LogP contribution in [0.2, 0.25) is 0 Å². The molecule has 8 nitrogen and oxygen atoms in total. The lowest BCUT2D eigenvalue weighted by Gasteiger charge is -2.10. The Bertz CT molecular complexity index is 986. The van der Waals surface area contributed by atoms with Gasteiger partial charge in [-0.3, -0.25) is 14.5 Å². The molecule has 126 valence electrons. The van der Waals surface area contributed by atoms with Gasteiger partial charge in [0.05, 0.1) is 36.2 Å². The molecule has 3 aromatic rings. The molecule has 4 rings (SSSR count). The highest BCUT2D eigenvalue weighted by atomic mass is 32.2. The topological polar surface area (TPSA) is 102 Å². The molecular formula is C15H17N5O3S. The molecule has 3 heterocycles. The Kier molecular flexibility index (Phi) is 3.54. The van der Waals surface area contributed by atoms with Gasteiger partial charge in [0.15, 0.2) is 0 Å². The van der Waals surface area contributed by atoms with Gasteiger partial charge in [0.2, 0.25) is 0 Å². The average Bonchev–Trinajstić information content (AvgIpc) is 3.28. The van der Waals surface area contributed by atoms with Crippen molar-refractivity contribution in [3.05, 3.63) is 36.3 Å². The van der Waals surface area contributed by atoms with Crippen molar-refractivity contribution in [1.82, 2.24) is 20.0 Å². The van der Waals surface area contributed by atoms with Gasteiger partial charge in [0, 0.05) is 18.2 Å². The first-order valence-corrected chi connectivity index (χ1v) is 9.10. The predicted octanol–water partition coefficient (Wildman–Crippen LogP) is 1.83. The highest BCUT2D eigenvalue weighted by molar-refractivity contribution is 7.92. The number of aryl methyl sites for hydroxylation is 1. The van der Waals surface area contributed by atoms with Crippen molar-refractivity contribution >= 4 is 26.6 Å². The van der Waals surface area contributed by atoms with E-state index in [0.29, 0.717) is 18.9 Å². The van der Waals surface area contributed by atoms with E-state index in [9.17, 15) is 8.42 Å². The van der Waals surface area contributed by atoms with Crippen LogP contribution in [-0.2, 0) is 14.8 Å². The molecule has 0 radical (unpaired) electrons. The molecule has 1 aliphatic heterocycles. The van der Waals surface area contributed by atoms with Crippen molar-refractivity contribution in [2.45, 2.75) is 24.3 Å². The number of hydrogen-bond acceptors (Lipinski definition) is 5. The first-order valence-electron chi connectivity index (χ1n) is 7.61. The molecule has 0 saturated carbocycles. The summed E-state index contributed by atoms with van der Waals surface area (Å²) in [6, 6.07) is 3.72. The lowest BCUT2D eigenvalue weighted by Crippen LogP contribution is -2.14. The van der Waals surface area contributed by atoms with Gasteiger partial charge < -0.3 is 4.74 Å². The van der Waals surface area contributed by atoms with Gasteiger partial charge in [0.25, 0.3) is 10.0 Å². The highest BCUT2D eigenvalue weighted by Gasteiger charge is 2.23. The van der Waals surface area contributed by atoms with E-state index in [2.05, 4.69) is 20.0 Å². The molecule has 9 heteroatoms. The molecule has 0 aliphatic carbocycles. The largest absolute Gasteiger partial charge is 0.379 e. The molecule has 2 aromatic heterocycles. The molecule has 1 unspecified atom stereocenters. The monoisotopic (exact) mass is 347 g/mol. The predicted molar refractivity (Wildman–Crippen MR) is 88.3 cm³/mol. The maximum atomic E-state index is 12.6. The van der Waals surface area contributed by atoms with Gasteiger partial charge in [-0.15, -0.1) is 0 Å². The number of aromatic nitrogens is 4. The summed E-state index contributed by atoms with van der Waals surface area (Å²) in [6.07, 6.45) is 5.45. The van der Waals surface area contributed by atoms with Crippen molar-refractivity contribution in [2.75, 3.05) is 17.9 Å². The Hall–Kier alpha value is -2.39. The van der Waals surface area contributed by atoms with Crippen molar-refractivity contribution in [3.8, 4) is 0 Å². The number of fused-ring (bicyclic) bond motifs is 1. The molecule has 1 atom stereocenters. The third-order valence-corrected chi connectivity index (χ3v) is 5.52. The minimum Gasteiger partial charge on any atom is -0.379 e. The van der Waals surface area contributed by atoms with Crippen molar-refractivity contribution < 1.29 is 13.2 Å². The molecular weight excluding hydrogens is 330 g/mol. The van der Waals surface area contributed by atoms with Gasteiger partial charge in [-0.1, -0.05) is 0 Å². The van der Waals surface area contributed by atoms with Crippen LogP contribution in [0.3, 0.4) is 0 Å². The number of nitrogens with zero attached hydrogens (tertiary/aromatic N) is 3. The number of rotatable bonds is 4. The molecule has 1 aromatic carbocycles. The lowest BCUT2D eigenvalue weighted by molar-refractivity contribution is 0.184. The third-order valence-electron chi connectivity index (χ3n) is 4.20.